The molecule has 18 heteroatoms. The Labute approximate surface area is 340 Å². The summed E-state index contributed by atoms with van der Waals surface area (Å²) in [6.45, 7) is 9.41. The van der Waals surface area contributed by atoms with Crippen LogP contribution in [0.2, 0.25) is 0 Å². The van der Waals surface area contributed by atoms with Crippen molar-refractivity contribution in [1.29, 1.82) is 0 Å². The monoisotopic (exact) mass is 839 g/mol. The Morgan fingerprint density at radius 2 is 0.842 bits per heavy atom. The van der Waals surface area contributed by atoms with E-state index in [0.717, 1.165) is 57.3 Å². The lowest BCUT2D eigenvalue weighted by atomic mass is 9.80. The number of hydrogen-bond donors (Lipinski definition) is 12. The van der Waals surface area contributed by atoms with Gasteiger partial charge in [-0.1, -0.05) is 59.3 Å². The first-order valence-electron chi connectivity index (χ1n) is 20.0. The van der Waals surface area contributed by atoms with Gasteiger partial charge in [0.05, 0.1) is 83.4 Å². The maximum Gasteiger partial charge on any atom is 0.302 e. The number of aliphatic hydroxyl groups is 12. The van der Waals surface area contributed by atoms with Crippen molar-refractivity contribution in [3.8, 4) is 0 Å². The van der Waals surface area contributed by atoms with Crippen LogP contribution in [-0.4, -0.2) is 175 Å². The van der Waals surface area contributed by atoms with Crippen LogP contribution in [0.5, 0.6) is 0 Å². The summed E-state index contributed by atoms with van der Waals surface area (Å²) < 4.78 is 13.5. The van der Waals surface area contributed by atoms with Gasteiger partial charge in [-0.3, -0.25) is 14.4 Å². The van der Waals surface area contributed by atoms with Gasteiger partial charge < -0.3 is 75.5 Å². The molecular formula is C39H82O18. The number of aliphatic hydroxyl groups excluding tert-OH is 12. The molecule has 0 heterocycles. The summed E-state index contributed by atoms with van der Waals surface area (Å²) in [5, 5.41) is 103. The summed E-state index contributed by atoms with van der Waals surface area (Å²) in [6.07, 6.45) is 7.68. The van der Waals surface area contributed by atoms with Crippen LogP contribution in [0.25, 0.3) is 0 Å². The molecule has 1 fully saturated rings. The highest BCUT2D eigenvalue weighted by atomic mass is 16.5. The third-order valence-electron chi connectivity index (χ3n) is 7.85. The average molecular weight is 839 g/mol. The number of esters is 3. The van der Waals surface area contributed by atoms with Crippen molar-refractivity contribution in [2.45, 2.75) is 162 Å². The van der Waals surface area contributed by atoms with E-state index in [-0.39, 0.29) is 71.2 Å². The van der Waals surface area contributed by atoms with E-state index in [1.807, 2.05) is 0 Å². The number of unbranched alkanes of at least 4 members (excludes halogenated alkanes) is 2. The van der Waals surface area contributed by atoms with Gasteiger partial charge in [0.15, 0.2) is 0 Å². The van der Waals surface area contributed by atoms with Crippen LogP contribution >= 0.6 is 0 Å². The molecule has 0 spiro atoms. The molecule has 0 aromatic rings. The van der Waals surface area contributed by atoms with E-state index < -0.39 is 42.6 Å². The molecule has 0 aromatic carbocycles. The molecule has 18 nitrogen and oxygen atoms in total. The van der Waals surface area contributed by atoms with Crippen LogP contribution < -0.4 is 0 Å². The minimum absolute atomic E-state index is 0.0704. The van der Waals surface area contributed by atoms with Crippen LogP contribution in [-0.2, 0) is 28.6 Å². The first kappa shape index (κ1) is 64.1. The maximum absolute atomic E-state index is 10.2. The zero-order valence-corrected chi connectivity index (χ0v) is 35.5. The molecular weight excluding hydrogens is 756 g/mol. The van der Waals surface area contributed by atoms with Gasteiger partial charge in [-0.15, -0.1) is 0 Å². The second-order valence-electron chi connectivity index (χ2n) is 13.6. The summed E-state index contributed by atoms with van der Waals surface area (Å²) >= 11 is 0. The molecule has 6 unspecified atom stereocenters. The highest BCUT2D eigenvalue weighted by Gasteiger charge is 2.23. The molecule has 6 atom stereocenters. The number of hydrogen-bond acceptors (Lipinski definition) is 18. The topological polar surface area (TPSA) is 322 Å². The van der Waals surface area contributed by atoms with Crippen LogP contribution in [0.15, 0.2) is 0 Å². The van der Waals surface area contributed by atoms with Gasteiger partial charge in [-0.2, -0.15) is 0 Å². The molecule has 1 aliphatic rings. The Morgan fingerprint density at radius 1 is 0.491 bits per heavy atom. The minimum Gasteiger partial charge on any atom is -0.466 e. The molecule has 0 aromatic heterocycles. The van der Waals surface area contributed by atoms with Crippen molar-refractivity contribution in [3.05, 3.63) is 0 Å². The fraction of sp³-hybridized carbons (Fsp3) is 0.923. The average Bonchev–Trinajstić information content (AvgIpc) is 3.20. The smallest absolute Gasteiger partial charge is 0.302 e. The second-order valence-corrected chi connectivity index (χ2v) is 13.6. The van der Waals surface area contributed by atoms with E-state index in [2.05, 4.69) is 35.0 Å². The normalized spacial score (nSPS) is 17.4. The zero-order valence-electron chi connectivity index (χ0n) is 35.5. The fourth-order valence-corrected chi connectivity index (χ4v) is 4.20. The quantitative estimate of drug-likeness (QED) is 0.0391. The first-order valence-corrected chi connectivity index (χ1v) is 20.0. The lowest BCUT2D eigenvalue weighted by Crippen LogP contribution is -2.27. The number of rotatable bonds is 22. The van der Waals surface area contributed by atoms with E-state index in [1.54, 1.807) is 0 Å². The molecule has 12 N–H and O–H groups in total. The summed E-state index contributed by atoms with van der Waals surface area (Å²) in [5.74, 6) is 0.0319. The van der Waals surface area contributed by atoms with E-state index in [1.165, 1.54) is 33.6 Å². The molecule has 0 aliphatic heterocycles. The van der Waals surface area contributed by atoms with Gasteiger partial charge in [0.1, 0.15) is 12.7 Å². The van der Waals surface area contributed by atoms with Crippen LogP contribution in [0.4, 0.5) is 0 Å². The molecule has 0 bridgehead atoms. The largest absolute Gasteiger partial charge is 0.466 e. The molecule has 57 heavy (non-hydrogen) atoms. The predicted octanol–water partition coefficient (Wildman–Crippen LogP) is 0.104. The van der Waals surface area contributed by atoms with Crippen molar-refractivity contribution in [1.82, 2.24) is 0 Å². The van der Waals surface area contributed by atoms with Gasteiger partial charge >= 0.3 is 17.9 Å². The summed E-state index contributed by atoms with van der Waals surface area (Å²) in [7, 11) is 0. The Bertz CT molecular complexity index is 830. The molecule has 1 rings (SSSR count). The Kier molecular flexibility index (Phi) is 54.3. The van der Waals surface area contributed by atoms with Crippen LogP contribution in [0.3, 0.4) is 0 Å². The molecule has 0 amide bonds. The van der Waals surface area contributed by atoms with Gasteiger partial charge in [0, 0.05) is 27.2 Å². The third-order valence-corrected chi connectivity index (χ3v) is 7.85. The van der Waals surface area contributed by atoms with E-state index in [9.17, 15) is 19.5 Å². The number of carbonyl (C=O) groups excluding carboxylic acids is 3. The van der Waals surface area contributed by atoms with E-state index in [0.29, 0.717) is 25.4 Å². The summed E-state index contributed by atoms with van der Waals surface area (Å²) in [5.41, 5.74) is 0. The molecule has 346 valence electrons. The maximum atomic E-state index is 10.2. The zero-order chi connectivity index (χ0) is 45.0. The molecule has 0 radical (unpaired) electrons. The standard InChI is InChI=1S/C9H18O2.C7H14O4.C6H12O4.2C6H14O2.C5H10O4/c1-7-2-4-8(5-3-7)9(11)6-10;1-6(9)11-4-2-3-7(10)5-8;1-5(8)10-3-2-6(9)4-7;2*1-2-3-4-6(8)5-7;1-4(7)9-3-5(8)2-6/h7-11H,2-6H2,1H3;7-8,10H,2-5H2,1H3;6-7,9H,2-4H2,1H3;2*6-8H,2-5H2,1H3;5-6,8H,2-3H2,1H3. The Hall–Kier alpha value is -2.07. The van der Waals surface area contributed by atoms with Crippen LogP contribution in [0, 0.1) is 11.8 Å². The lowest BCUT2D eigenvalue weighted by Gasteiger charge is -2.28. The first-order chi connectivity index (χ1) is 26.8. The van der Waals surface area contributed by atoms with Crippen molar-refractivity contribution < 1.29 is 89.9 Å². The van der Waals surface area contributed by atoms with Gasteiger partial charge in [0.2, 0.25) is 0 Å². The third kappa shape index (κ3) is 58.3. The molecule has 1 aliphatic carbocycles. The van der Waals surface area contributed by atoms with Crippen molar-refractivity contribution >= 4 is 17.9 Å². The minimum atomic E-state index is -0.950. The molecule has 1 saturated carbocycles. The predicted molar refractivity (Wildman–Crippen MR) is 212 cm³/mol. The number of ether oxygens (including phenoxy) is 3. The van der Waals surface area contributed by atoms with E-state index >= 15 is 0 Å². The molecule has 0 saturated heterocycles. The number of carbonyl (C=O) groups is 3. The summed E-state index contributed by atoms with van der Waals surface area (Å²) in [4.78, 5) is 30.4. The van der Waals surface area contributed by atoms with Crippen molar-refractivity contribution in [2.75, 3.05) is 59.5 Å². The SMILES string of the molecule is CC(=O)OCC(O)CO.CC(=O)OCCC(O)CO.CC(=O)OCCCC(O)CO.CC1CCC(C(O)CO)CC1.CCCCC(O)CO.CCCCC(O)CO. The Balaban J connectivity index is -0.000000191. The lowest BCUT2D eigenvalue weighted by molar-refractivity contribution is -0.144. The summed E-state index contributed by atoms with van der Waals surface area (Å²) in [6, 6.07) is 0. The van der Waals surface area contributed by atoms with Gasteiger partial charge in [0.25, 0.3) is 0 Å². The van der Waals surface area contributed by atoms with Gasteiger partial charge in [-0.05, 0) is 50.4 Å². The Morgan fingerprint density at radius 3 is 1.18 bits per heavy atom. The van der Waals surface area contributed by atoms with Crippen molar-refractivity contribution in [2.24, 2.45) is 11.8 Å². The van der Waals surface area contributed by atoms with E-state index in [4.69, 9.17) is 56.2 Å². The van der Waals surface area contributed by atoms with Crippen LogP contribution in [0.1, 0.15) is 125 Å². The van der Waals surface area contributed by atoms with Gasteiger partial charge in [-0.25, -0.2) is 0 Å². The second kappa shape index (κ2) is 48.3. The highest BCUT2D eigenvalue weighted by Crippen LogP contribution is 2.30. The fourth-order valence-electron chi connectivity index (χ4n) is 4.20. The highest BCUT2D eigenvalue weighted by molar-refractivity contribution is 5.66. The van der Waals surface area contributed by atoms with Crippen molar-refractivity contribution in [3.63, 3.8) is 0 Å².